The number of nitrogens with one attached hydrogen (secondary N) is 2. The van der Waals surface area contributed by atoms with Gasteiger partial charge in [-0.1, -0.05) is 12.5 Å². The number of benzene rings is 1. The second-order valence-electron chi connectivity index (χ2n) is 7.49. The van der Waals surface area contributed by atoms with Crippen molar-refractivity contribution >= 4 is 17.7 Å². The van der Waals surface area contributed by atoms with E-state index in [1.165, 1.54) is 12.1 Å². The van der Waals surface area contributed by atoms with Crippen LogP contribution in [-0.2, 0) is 25.2 Å². The Hall–Kier alpha value is -2.33. The van der Waals surface area contributed by atoms with Gasteiger partial charge in [0.15, 0.2) is 6.10 Å². The van der Waals surface area contributed by atoms with Crippen LogP contribution in [0.15, 0.2) is 24.3 Å². The van der Waals surface area contributed by atoms with Gasteiger partial charge < -0.3 is 19.5 Å². The van der Waals surface area contributed by atoms with Gasteiger partial charge in [-0.25, -0.2) is 4.79 Å². The fourth-order valence-corrected chi connectivity index (χ4v) is 3.72. The van der Waals surface area contributed by atoms with Crippen LogP contribution in [0.3, 0.4) is 0 Å². The summed E-state index contributed by atoms with van der Waals surface area (Å²) in [6, 6.07) is 3.96. The minimum Gasteiger partial charge on any atom is -0.441 e. The second kappa shape index (κ2) is 7.83. The highest BCUT2D eigenvalue weighted by molar-refractivity contribution is 5.85. The maximum Gasteiger partial charge on any atom is 0.416 e. The molecule has 0 aromatic heterocycles. The largest absolute Gasteiger partial charge is 0.441 e. The Labute approximate surface area is 164 Å². The van der Waals surface area contributed by atoms with Crippen molar-refractivity contribution < 1.29 is 37.0 Å². The summed E-state index contributed by atoms with van der Waals surface area (Å²) in [4.78, 5) is 24.3. The van der Waals surface area contributed by atoms with Crippen molar-refractivity contribution in [3.05, 3.63) is 29.8 Å². The maximum atomic E-state index is 12.8. The first-order chi connectivity index (χ1) is 13.8. The molecule has 2 heterocycles. The average molecular weight is 414 g/mol. The van der Waals surface area contributed by atoms with E-state index in [-0.39, 0.29) is 36.8 Å². The lowest BCUT2D eigenvalue weighted by Gasteiger charge is -2.27. The summed E-state index contributed by atoms with van der Waals surface area (Å²) < 4.78 is 54.9. The minimum absolute atomic E-state index is 0.0132. The number of amides is 2. The van der Waals surface area contributed by atoms with Gasteiger partial charge in [0.1, 0.15) is 12.2 Å². The Morgan fingerprint density at radius 2 is 1.86 bits per heavy atom. The first kappa shape index (κ1) is 20.0. The number of hydrogen-bond acceptors (Lipinski definition) is 5. The van der Waals surface area contributed by atoms with Crippen molar-refractivity contribution in [2.45, 2.75) is 49.8 Å². The molecule has 0 radical (unpaired) electrons. The standard InChI is InChI=1S/C19H21F3N2O5/c20-19(21,22)11-5-2-6-12(7-11)23-18(26)29-14-9-28-15-13(8-27-16(14)15)24-17(25)10-3-1-4-10/h2,5-7,10,13-16H,1,3-4,8-9H2,(H,23,26)(H,24,25)/t13-,14+,15+,16+/m0/s1. The molecule has 0 bridgehead atoms. The molecule has 0 spiro atoms. The number of halogens is 3. The van der Waals surface area contributed by atoms with Gasteiger partial charge in [0.25, 0.3) is 0 Å². The van der Waals surface area contributed by atoms with Crippen molar-refractivity contribution in [3.63, 3.8) is 0 Å². The van der Waals surface area contributed by atoms with Gasteiger partial charge in [-0.15, -0.1) is 0 Å². The number of carbonyl (C=O) groups excluding carboxylic acids is 2. The molecule has 7 nitrogen and oxygen atoms in total. The summed E-state index contributed by atoms with van der Waals surface area (Å²) in [5.41, 5.74) is -0.901. The molecule has 2 aliphatic heterocycles. The van der Waals surface area contributed by atoms with Gasteiger partial charge in [0.05, 0.1) is 24.8 Å². The number of carbonyl (C=O) groups is 2. The van der Waals surface area contributed by atoms with Crippen LogP contribution in [0, 0.1) is 5.92 Å². The van der Waals surface area contributed by atoms with Crippen LogP contribution >= 0.6 is 0 Å². The third-order valence-corrected chi connectivity index (χ3v) is 5.51. The molecule has 4 rings (SSSR count). The van der Waals surface area contributed by atoms with E-state index in [0.29, 0.717) is 0 Å². The predicted octanol–water partition coefficient (Wildman–Crippen LogP) is 2.71. The van der Waals surface area contributed by atoms with Crippen LogP contribution in [0.4, 0.5) is 23.7 Å². The van der Waals surface area contributed by atoms with E-state index >= 15 is 0 Å². The van der Waals surface area contributed by atoms with Crippen LogP contribution in [0.25, 0.3) is 0 Å². The molecule has 3 aliphatic rings. The van der Waals surface area contributed by atoms with Crippen LogP contribution in [-0.4, -0.2) is 49.6 Å². The summed E-state index contributed by atoms with van der Waals surface area (Å²) in [6.45, 7) is 0.337. The van der Waals surface area contributed by atoms with E-state index in [4.69, 9.17) is 14.2 Å². The molecule has 3 fully saturated rings. The zero-order valence-corrected chi connectivity index (χ0v) is 15.4. The Balaban J connectivity index is 1.30. The number of anilines is 1. The molecule has 2 amide bonds. The summed E-state index contributed by atoms with van der Waals surface area (Å²) in [5.74, 6) is 0.0292. The van der Waals surface area contributed by atoms with Gasteiger partial charge >= 0.3 is 12.3 Å². The SMILES string of the molecule is O=C(Nc1cccc(C(F)(F)F)c1)O[C@@H]1CO[C@H]2[C@@H]1OC[C@@H]2NC(=O)C1CCC1. The van der Waals surface area contributed by atoms with Crippen LogP contribution in [0.5, 0.6) is 0 Å². The summed E-state index contributed by atoms with van der Waals surface area (Å²) >= 11 is 0. The zero-order chi connectivity index (χ0) is 20.6. The molecular formula is C19H21F3N2O5. The average Bonchev–Trinajstić information content (AvgIpc) is 3.16. The normalized spacial score (nSPS) is 29.1. The minimum atomic E-state index is -4.51. The molecule has 10 heteroatoms. The molecular weight excluding hydrogens is 393 g/mol. The fraction of sp³-hybridized carbons (Fsp3) is 0.579. The molecule has 1 aliphatic carbocycles. The molecule has 2 saturated heterocycles. The zero-order valence-electron chi connectivity index (χ0n) is 15.4. The number of alkyl halides is 3. The van der Waals surface area contributed by atoms with Crippen molar-refractivity contribution in [2.24, 2.45) is 5.92 Å². The van der Waals surface area contributed by atoms with Crippen molar-refractivity contribution in [2.75, 3.05) is 18.5 Å². The van der Waals surface area contributed by atoms with Gasteiger partial charge in [0, 0.05) is 11.6 Å². The second-order valence-corrected chi connectivity index (χ2v) is 7.49. The lowest BCUT2D eigenvalue weighted by Crippen LogP contribution is -2.47. The first-order valence-electron chi connectivity index (χ1n) is 9.50. The Bertz CT molecular complexity index is 783. The van der Waals surface area contributed by atoms with E-state index in [1.54, 1.807) is 0 Å². The summed E-state index contributed by atoms with van der Waals surface area (Å²) in [7, 11) is 0. The lowest BCUT2D eigenvalue weighted by molar-refractivity contribution is -0.137. The number of hydrogen-bond donors (Lipinski definition) is 2. The monoisotopic (exact) mass is 414 g/mol. The lowest BCUT2D eigenvalue weighted by atomic mass is 9.84. The molecule has 2 N–H and O–H groups in total. The van der Waals surface area contributed by atoms with Crippen LogP contribution in [0.1, 0.15) is 24.8 Å². The van der Waals surface area contributed by atoms with Gasteiger partial charge in [-0.05, 0) is 31.0 Å². The van der Waals surface area contributed by atoms with E-state index in [0.717, 1.165) is 31.4 Å². The van der Waals surface area contributed by atoms with Gasteiger partial charge in [0.2, 0.25) is 5.91 Å². The summed E-state index contributed by atoms with van der Waals surface area (Å²) in [6.07, 6.45) is -4.26. The number of ether oxygens (including phenoxy) is 3. The number of fused-ring (bicyclic) bond motifs is 1. The first-order valence-corrected chi connectivity index (χ1v) is 9.50. The highest BCUT2D eigenvalue weighted by Gasteiger charge is 2.50. The third kappa shape index (κ3) is 4.32. The van der Waals surface area contributed by atoms with Crippen molar-refractivity contribution in [3.8, 4) is 0 Å². The quantitative estimate of drug-likeness (QED) is 0.791. The van der Waals surface area contributed by atoms with E-state index in [9.17, 15) is 22.8 Å². The van der Waals surface area contributed by atoms with Gasteiger partial charge in [-0.2, -0.15) is 13.2 Å². The highest BCUT2D eigenvalue weighted by Crippen LogP contribution is 2.32. The highest BCUT2D eigenvalue weighted by atomic mass is 19.4. The Kier molecular flexibility index (Phi) is 5.39. The molecule has 1 saturated carbocycles. The van der Waals surface area contributed by atoms with Crippen LogP contribution < -0.4 is 10.6 Å². The molecule has 1 aromatic carbocycles. The summed E-state index contributed by atoms with van der Waals surface area (Å²) in [5, 5.41) is 5.23. The van der Waals surface area contributed by atoms with Crippen LogP contribution in [0.2, 0.25) is 0 Å². The van der Waals surface area contributed by atoms with Crippen molar-refractivity contribution in [1.82, 2.24) is 5.32 Å². The molecule has 0 unspecified atom stereocenters. The molecule has 29 heavy (non-hydrogen) atoms. The van der Waals surface area contributed by atoms with Gasteiger partial charge in [-0.3, -0.25) is 10.1 Å². The molecule has 1 aromatic rings. The Morgan fingerprint density at radius 1 is 1.10 bits per heavy atom. The predicted molar refractivity (Wildman–Crippen MR) is 94.1 cm³/mol. The Morgan fingerprint density at radius 3 is 2.55 bits per heavy atom. The van der Waals surface area contributed by atoms with Crippen molar-refractivity contribution in [1.29, 1.82) is 0 Å². The van der Waals surface area contributed by atoms with E-state index in [1.807, 2.05) is 0 Å². The fourth-order valence-electron chi connectivity index (χ4n) is 3.72. The smallest absolute Gasteiger partial charge is 0.416 e. The molecule has 158 valence electrons. The topological polar surface area (TPSA) is 85.9 Å². The molecule has 4 atom stereocenters. The maximum absolute atomic E-state index is 12.8. The number of rotatable bonds is 4. The van der Waals surface area contributed by atoms with E-state index < -0.39 is 36.1 Å². The third-order valence-electron chi connectivity index (χ3n) is 5.51. The van der Waals surface area contributed by atoms with E-state index in [2.05, 4.69) is 10.6 Å².